The van der Waals surface area contributed by atoms with E-state index >= 15 is 0 Å². The quantitative estimate of drug-likeness (QED) is 0.412. The van der Waals surface area contributed by atoms with Crippen molar-refractivity contribution in [2.24, 2.45) is 5.92 Å². The lowest BCUT2D eigenvalue weighted by Crippen LogP contribution is -1.96. The molecule has 0 fully saturated rings. The third-order valence-electron chi connectivity index (χ3n) is 5.18. The summed E-state index contributed by atoms with van der Waals surface area (Å²) in [5.74, 6) is 0.684. The normalized spacial score (nSPS) is 11.3. The van der Waals surface area contributed by atoms with E-state index in [0.717, 1.165) is 17.8 Å². The van der Waals surface area contributed by atoms with Crippen LogP contribution in [0.4, 0.5) is 0 Å². The van der Waals surface area contributed by atoms with Gasteiger partial charge in [0.2, 0.25) is 0 Å². The molecule has 0 aliphatic rings. The van der Waals surface area contributed by atoms with Crippen LogP contribution in [0.25, 0.3) is 21.0 Å². The number of hydrogen-bond acceptors (Lipinski definition) is 2. The van der Waals surface area contributed by atoms with Gasteiger partial charge in [-0.3, -0.25) is 0 Å². The van der Waals surface area contributed by atoms with E-state index in [2.05, 4.69) is 77.2 Å². The van der Waals surface area contributed by atoms with Gasteiger partial charge in [-0.25, -0.2) is 4.98 Å². The van der Waals surface area contributed by atoms with Crippen molar-refractivity contribution >= 4 is 11.3 Å². The first-order valence-corrected chi connectivity index (χ1v) is 11.0. The molecule has 0 spiro atoms. The van der Waals surface area contributed by atoms with Crippen LogP contribution in [0, 0.1) is 19.8 Å². The van der Waals surface area contributed by atoms with Crippen LogP contribution in [0.5, 0.6) is 0 Å². The molecule has 0 radical (unpaired) electrons. The summed E-state index contributed by atoms with van der Waals surface area (Å²) in [6.07, 6.45) is 6.80. The summed E-state index contributed by atoms with van der Waals surface area (Å²) < 4.78 is 0. The summed E-state index contributed by atoms with van der Waals surface area (Å²) in [4.78, 5) is 6.05. The number of nitrogens with zero attached hydrogens (tertiary/aromatic N) is 1. The van der Waals surface area contributed by atoms with Crippen molar-refractivity contribution in [2.75, 3.05) is 0 Å². The van der Waals surface area contributed by atoms with Gasteiger partial charge in [-0.05, 0) is 72.9 Å². The molecule has 0 atom stereocenters. The fourth-order valence-electron chi connectivity index (χ4n) is 3.65. The van der Waals surface area contributed by atoms with Crippen LogP contribution in [0.1, 0.15) is 55.9 Å². The smallest absolute Gasteiger partial charge is 0.123 e. The van der Waals surface area contributed by atoms with Gasteiger partial charge in [-0.15, -0.1) is 11.3 Å². The Kier molecular flexibility index (Phi) is 6.49. The van der Waals surface area contributed by atoms with Crippen molar-refractivity contribution in [3.05, 3.63) is 64.8 Å². The highest BCUT2D eigenvalue weighted by Crippen LogP contribution is 2.36. The van der Waals surface area contributed by atoms with Crippen molar-refractivity contribution in [2.45, 2.75) is 60.3 Å². The average Bonchev–Trinajstić information content (AvgIpc) is 3.12. The zero-order valence-electron chi connectivity index (χ0n) is 17.3. The lowest BCUT2D eigenvalue weighted by atomic mass is 9.96. The number of hydrogen-bond donors (Lipinski definition) is 0. The van der Waals surface area contributed by atoms with E-state index in [-0.39, 0.29) is 0 Å². The fraction of sp³-hybridized carbons (Fsp3) is 0.400. The number of thiazole rings is 1. The molecule has 0 saturated carbocycles. The van der Waals surface area contributed by atoms with Gasteiger partial charge in [-0.2, -0.15) is 0 Å². The van der Waals surface area contributed by atoms with Crippen LogP contribution in [0.2, 0.25) is 0 Å². The Morgan fingerprint density at radius 2 is 1.85 bits per heavy atom. The lowest BCUT2D eigenvalue weighted by molar-refractivity contribution is 0.645. The highest BCUT2D eigenvalue weighted by molar-refractivity contribution is 7.18. The standard InChI is InChI=1S/C25H31NS/c1-6-7-10-22-18(4)9-8-11-23(22)24-16-26-25(27-24)21-13-12-20(14-17(2)3)19(5)15-21/h8-9,11-13,15-17H,6-7,10,14H2,1-5H3. The van der Waals surface area contributed by atoms with Crippen molar-refractivity contribution in [3.63, 3.8) is 0 Å². The van der Waals surface area contributed by atoms with Gasteiger partial charge in [0.1, 0.15) is 5.01 Å². The molecule has 27 heavy (non-hydrogen) atoms. The number of aryl methyl sites for hydroxylation is 2. The summed E-state index contributed by atoms with van der Waals surface area (Å²) >= 11 is 1.81. The molecule has 1 nitrogen and oxygen atoms in total. The molecule has 0 aliphatic carbocycles. The van der Waals surface area contributed by atoms with Crippen molar-refractivity contribution in [3.8, 4) is 21.0 Å². The summed E-state index contributed by atoms with van der Waals surface area (Å²) in [6, 6.07) is 13.5. The molecule has 142 valence electrons. The van der Waals surface area contributed by atoms with Gasteiger partial charge in [0.25, 0.3) is 0 Å². The minimum Gasteiger partial charge on any atom is -0.244 e. The van der Waals surface area contributed by atoms with Crippen LogP contribution in [-0.4, -0.2) is 4.98 Å². The predicted molar refractivity (Wildman–Crippen MR) is 120 cm³/mol. The summed E-state index contributed by atoms with van der Waals surface area (Å²) in [5, 5.41) is 1.12. The zero-order chi connectivity index (χ0) is 19.4. The fourth-order valence-corrected chi connectivity index (χ4v) is 4.61. The topological polar surface area (TPSA) is 12.9 Å². The first-order valence-electron chi connectivity index (χ1n) is 10.1. The molecule has 1 heterocycles. The van der Waals surface area contributed by atoms with Crippen LogP contribution < -0.4 is 0 Å². The van der Waals surface area contributed by atoms with E-state index in [1.807, 2.05) is 11.3 Å². The third kappa shape index (κ3) is 4.68. The largest absolute Gasteiger partial charge is 0.244 e. The minimum atomic E-state index is 0.684. The third-order valence-corrected chi connectivity index (χ3v) is 6.26. The van der Waals surface area contributed by atoms with Gasteiger partial charge in [0.05, 0.1) is 4.88 Å². The Balaban J connectivity index is 1.92. The second kappa shape index (κ2) is 8.84. The highest BCUT2D eigenvalue weighted by atomic mass is 32.1. The summed E-state index contributed by atoms with van der Waals surface area (Å²) in [6.45, 7) is 11.3. The Bertz CT molecular complexity index is 904. The SMILES string of the molecule is CCCCc1c(C)cccc1-c1cnc(-c2ccc(CC(C)C)c(C)c2)s1. The molecule has 0 amide bonds. The molecular formula is C25H31NS. The Morgan fingerprint density at radius 1 is 1.04 bits per heavy atom. The molecule has 0 unspecified atom stereocenters. The molecule has 2 aromatic carbocycles. The van der Waals surface area contributed by atoms with E-state index in [1.54, 1.807) is 0 Å². The highest BCUT2D eigenvalue weighted by Gasteiger charge is 2.13. The average molecular weight is 378 g/mol. The Labute approximate surface area is 168 Å². The van der Waals surface area contributed by atoms with Crippen LogP contribution in [-0.2, 0) is 12.8 Å². The molecule has 0 bridgehead atoms. The van der Waals surface area contributed by atoms with Crippen molar-refractivity contribution in [1.82, 2.24) is 4.98 Å². The molecule has 3 rings (SSSR count). The summed E-state index contributed by atoms with van der Waals surface area (Å²) in [5.41, 5.74) is 8.30. The maximum atomic E-state index is 4.76. The summed E-state index contributed by atoms with van der Waals surface area (Å²) in [7, 11) is 0. The predicted octanol–water partition coefficient (Wildman–Crippen LogP) is 7.64. The molecule has 0 N–H and O–H groups in total. The van der Waals surface area contributed by atoms with E-state index in [4.69, 9.17) is 4.98 Å². The van der Waals surface area contributed by atoms with E-state index < -0.39 is 0 Å². The van der Waals surface area contributed by atoms with E-state index in [9.17, 15) is 0 Å². The number of aromatic nitrogens is 1. The number of rotatable bonds is 7. The molecule has 0 aliphatic heterocycles. The van der Waals surface area contributed by atoms with Crippen molar-refractivity contribution in [1.29, 1.82) is 0 Å². The maximum absolute atomic E-state index is 4.76. The van der Waals surface area contributed by atoms with Gasteiger partial charge in [0, 0.05) is 11.8 Å². The first kappa shape index (κ1) is 19.8. The van der Waals surface area contributed by atoms with Crippen LogP contribution in [0.15, 0.2) is 42.6 Å². The zero-order valence-corrected chi connectivity index (χ0v) is 18.1. The molecule has 3 aromatic rings. The first-order chi connectivity index (χ1) is 13.0. The second-order valence-corrected chi connectivity index (χ2v) is 9.00. The molecule has 1 aromatic heterocycles. The van der Waals surface area contributed by atoms with E-state index in [0.29, 0.717) is 5.92 Å². The van der Waals surface area contributed by atoms with Crippen LogP contribution >= 0.6 is 11.3 Å². The monoisotopic (exact) mass is 377 g/mol. The minimum absolute atomic E-state index is 0.684. The van der Waals surface area contributed by atoms with Gasteiger partial charge in [0.15, 0.2) is 0 Å². The van der Waals surface area contributed by atoms with Crippen molar-refractivity contribution < 1.29 is 0 Å². The van der Waals surface area contributed by atoms with Gasteiger partial charge >= 0.3 is 0 Å². The van der Waals surface area contributed by atoms with Gasteiger partial charge < -0.3 is 0 Å². The number of unbranched alkanes of at least 4 members (excludes halogenated alkanes) is 1. The lowest BCUT2D eigenvalue weighted by Gasteiger charge is -2.11. The molecule has 0 saturated heterocycles. The Hall–Kier alpha value is -1.93. The van der Waals surface area contributed by atoms with E-state index in [1.165, 1.54) is 51.1 Å². The second-order valence-electron chi connectivity index (χ2n) is 7.97. The number of benzene rings is 2. The Morgan fingerprint density at radius 3 is 2.56 bits per heavy atom. The van der Waals surface area contributed by atoms with Crippen LogP contribution in [0.3, 0.4) is 0 Å². The molecule has 2 heteroatoms. The van der Waals surface area contributed by atoms with Gasteiger partial charge in [-0.1, -0.05) is 57.5 Å². The maximum Gasteiger partial charge on any atom is 0.123 e. The molecular weight excluding hydrogens is 346 g/mol.